The molecule has 0 radical (unpaired) electrons. The van der Waals surface area contributed by atoms with Crippen LogP contribution in [0.4, 0.5) is 0 Å². The van der Waals surface area contributed by atoms with Crippen LogP contribution in [0.1, 0.15) is 63.9 Å². The summed E-state index contributed by atoms with van der Waals surface area (Å²) in [5, 5.41) is 0. The maximum atomic E-state index is 14.1. The van der Waals surface area contributed by atoms with Gasteiger partial charge >= 0.3 is 5.97 Å². The Bertz CT molecular complexity index is 1020. The molecule has 5 rings (SSSR count). The number of ether oxygens (including phenoxy) is 2. The molecule has 1 spiro atoms. The van der Waals surface area contributed by atoms with Gasteiger partial charge in [-0.1, -0.05) is 43.9 Å². The smallest absolute Gasteiger partial charge is 0.307 e. The second-order valence-electron chi connectivity index (χ2n) is 10.1. The van der Waals surface area contributed by atoms with E-state index < -0.39 is 29.6 Å². The van der Waals surface area contributed by atoms with Crippen LogP contribution in [0.25, 0.3) is 0 Å². The molecule has 0 unspecified atom stereocenters. The van der Waals surface area contributed by atoms with Crippen LogP contribution in [0.3, 0.4) is 0 Å². The number of hydrogen-bond donors (Lipinski definition) is 0. The molecule has 4 fully saturated rings. The lowest BCUT2D eigenvalue weighted by Crippen LogP contribution is -2.54. The molecule has 4 aliphatic rings. The minimum atomic E-state index is -1.31. The fraction of sp³-hybridized carbons (Fsp3) is 0.615. The number of carbonyl (C=O) groups excluding carboxylic acids is 4. The van der Waals surface area contributed by atoms with Crippen LogP contribution in [0.5, 0.6) is 5.75 Å². The first-order valence-corrected chi connectivity index (χ1v) is 12.3. The quantitative estimate of drug-likeness (QED) is 0.471. The normalized spacial score (nSPS) is 31.4. The van der Waals surface area contributed by atoms with Crippen LogP contribution in [0.15, 0.2) is 24.3 Å². The summed E-state index contributed by atoms with van der Waals surface area (Å²) in [5.74, 6) is -1.13. The van der Waals surface area contributed by atoms with Crippen LogP contribution in [-0.4, -0.2) is 64.2 Å². The Morgan fingerprint density at radius 3 is 2.47 bits per heavy atom. The fourth-order valence-corrected chi connectivity index (χ4v) is 6.74. The maximum Gasteiger partial charge on any atom is 0.307 e. The average Bonchev–Trinajstić information content (AvgIpc) is 3.20. The number of nitrogens with zero attached hydrogens (tertiary/aromatic N) is 2. The molecule has 8 nitrogen and oxygen atoms in total. The van der Waals surface area contributed by atoms with Gasteiger partial charge in [-0.25, -0.2) is 0 Å². The molecule has 4 atom stereocenters. The second kappa shape index (κ2) is 8.71. The average molecular weight is 469 g/mol. The molecule has 1 aliphatic carbocycles. The summed E-state index contributed by atoms with van der Waals surface area (Å²) < 4.78 is 11.5. The molecule has 34 heavy (non-hydrogen) atoms. The number of methoxy groups -OCH3 is 1. The lowest BCUT2D eigenvalue weighted by Gasteiger charge is -2.38. The summed E-state index contributed by atoms with van der Waals surface area (Å²) in [4.78, 5) is 56.2. The number of amides is 2. The molecular weight excluding hydrogens is 436 g/mol. The van der Waals surface area contributed by atoms with E-state index in [1.807, 2.05) is 29.2 Å². The van der Waals surface area contributed by atoms with Crippen molar-refractivity contribution in [3.05, 3.63) is 29.8 Å². The van der Waals surface area contributed by atoms with Gasteiger partial charge in [0.05, 0.1) is 32.0 Å². The number of esters is 1. The summed E-state index contributed by atoms with van der Waals surface area (Å²) >= 11 is 0. The van der Waals surface area contributed by atoms with Gasteiger partial charge in [0.25, 0.3) is 0 Å². The summed E-state index contributed by atoms with van der Waals surface area (Å²) in [6.45, 7) is 1.68. The van der Waals surface area contributed by atoms with Gasteiger partial charge in [0.2, 0.25) is 11.8 Å². The van der Waals surface area contributed by atoms with Crippen molar-refractivity contribution in [2.24, 2.45) is 5.92 Å². The third-order valence-corrected chi connectivity index (χ3v) is 8.10. The monoisotopic (exact) mass is 468 g/mol. The molecule has 1 aromatic carbocycles. The van der Waals surface area contributed by atoms with Gasteiger partial charge in [-0.05, 0) is 25.8 Å². The van der Waals surface area contributed by atoms with E-state index in [0.29, 0.717) is 5.75 Å². The van der Waals surface area contributed by atoms with Crippen LogP contribution in [0, 0.1) is 5.92 Å². The molecule has 182 valence electrons. The molecule has 0 N–H and O–H groups in total. The molecule has 0 bridgehead atoms. The predicted octanol–water partition coefficient (Wildman–Crippen LogP) is 2.62. The molecule has 3 saturated heterocycles. The highest BCUT2D eigenvalue weighted by Crippen LogP contribution is 2.55. The van der Waals surface area contributed by atoms with E-state index in [4.69, 9.17) is 9.47 Å². The number of rotatable bonds is 6. The van der Waals surface area contributed by atoms with Gasteiger partial charge in [0.15, 0.2) is 11.6 Å². The highest BCUT2D eigenvalue weighted by Gasteiger charge is 2.77. The molecule has 0 aromatic heterocycles. The van der Waals surface area contributed by atoms with Crippen LogP contribution < -0.4 is 4.74 Å². The maximum absolute atomic E-state index is 14.1. The first-order valence-electron chi connectivity index (χ1n) is 12.3. The van der Waals surface area contributed by atoms with Gasteiger partial charge in [-0.3, -0.25) is 19.2 Å². The van der Waals surface area contributed by atoms with Gasteiger partial charge in [0, 0.05) is 18.0 Å². The van der Waals surface area contributed by atoms with Crippen molar-refractivity contribution in [3.63, 3.8) is 0 Å². The van der Waals surface area contributed by atoms with Crippen molar-refractivity contribution in [1.82, 2.24) is 9.80 Å². The topological polar surface area (TPSA) is 93.2 Å². The van der Waals surface area contributed by atoms with E-state index in [1.54, 1.807) is 12.0 Å². The largest absolute Gasteiger partial charge is 0.496 e. The number of carbonyl (C=O) groups is 4. The van der Waals surface area contributed by atoms with E-state index in [9.17, 15) is 19.2 Å². The number of benzene rings is 1. The highest BCUT2D eigenvalue weighted by atomic mass is 16.6. The zero-order valence-electron chi connectivity index (χ0n) is 19.8. The number of likely N-dealkylation sites (tertiary alicyclic amines) is 2. The van der Waals surface area contributed by atoms with E-state index in [1.165, 1.54) is 6.92 Å². The minimum absolute atomic E-state index is 0.0116. The lowest BCUT2D eigenvalue weighted by atomic mass is 9.79. The zero-order valence-corrected chi connectivity index (χ0v) is 19.8. The molecule has 8 heteroatoms. The number of ketones is 1. The Kier molecular flexibility index (Phi) is 5.86. The Labute approximate surface area is 199 Å². The summed E-state index contributed by atoms with van der Waals surface area (Å²) in [6, 6.07) is 5.85. The number of hydrogen-bond acceptors (Lipinski definition) is 6. The summed E-state index contributed by atoms with van der Waals surface area (Å²) in [6.07, 6.45) is 6.04. The molecule has 2 amide bonds. The summed E-state index contributed by atoms with van der Waals surface area (Å²) in [7, 11) is 1.57. The third-order valence-electron chi connectivity index (χ3n) is 8.10. The van der Waals surface area contributed by atoms with Crippen LogP contribution >= 0.6 is 0 Å². The summed E-state index contributed by atoms with van der Waals surface area (Å²) in [5.41, 5.74) is -0.533. The Balaban J connectivity index is 1.59. The van der Waals surface area contributed by atoms with Crippen LogP contribution in [-0.2, 0) is 30.5 Å². The minimum Gasteiger partial charge on any atom is -0.496 e. The molecule has 3 aliphatic heterocycles. The van der Waals surface area contributed by atoms with Crippen molar-refractivity contribution in [2.45, 2.75) is 88.6 Å². The fourth-order valence-electron chi connectivity index (χ4n) is 6.74. The SMILES string of the molecule is COc1ccccc1CN1C(=O)[C@@H]2CC(=O)O[C@@]23[C@H](CC(C)=O)N(C2CCCCCC2)C(=O)[C@@H]13. The van der Waals surface area contributed by atoms with Crippen molar-refractivity contribution < 1.29 is 28.7 Å². The number of para-hydroxylation sites is 1. The standard InChI is InChI=1S/C26H32N2O6/c1-16(29)13-21-26-19(14-22(30)34-26)24(31)27(15-17-9-7-8-12-20(17)33-2)23(26)25(32)28(21)18-10-5-3-4-6-11-18/h7-9,12,18-19,21,23H,3-6,10-11,13-15H2,1-2H3/t19-,21-,23+,26+/m0/s1. The molecular formula is C26H32N2O6. The van der Waals surface area contributed by atoms with E-state index in [-0.39, 0.29) is 43.0 Å². The van der Waals surface area contributed by atoms with Crippen LogP contribution in [0.2, 0.25) is 0 Å². The predicted molar refractivity (Wildman–Crippen MR) is 122 cm³/mol. The van der Waals surface area contributed by atoms with Crippen molar-refractivity contribution >= 4 is 23.6 Å². The second-order valence-corrected chi connectivity index (χ2v) is 10.1. The zero-order chi connectivity index (χ0) is 24.0. The van der Waals surface area contributed by atoms with E-state index in [2.05, 4.69) is 0 Å². The first kappa shape index (κ1) is 22.9. The molecule has 3 heterocycles. The van der Waals surface area contributed by atoms with Crippen molar-refractivity contribution in [3.8, 4) is 5.75 Å². The van der Waals surface area contributed by atoms with E-state index >= 15 is 0 Å². The van der Waals surface area contributed by atoms with Gasteiger partial charge in [-0.15, -0.1) is 0 Å². The first-order chi connectivity index (χ1) is 16.4. The molecule has 1 aromatic rings. The van der Waals surface area contributed by atoms with Gasteiger partial charge in [0.1, 0.15) is 11.5 Å². The number of Topliss-reactive ketones (excluding diaryl/α,β-unsaturated/α-hetero) is 1. The Morgan fingerprint density at radius 2 is 1.79 bits per heavy atom. The van der Waals surface area contributed by atoms with Crippen molar-refractivity contribution in [2.75, 3.05) is 7.11 Å². The highest BCUT2D eigenvalue weighted by molar-refractivity contribution is 6.02. The van der Waals surface area contributed by atoms with Gasteiger partial charge < -0.3 is 19.3 Å². The van der Waals surface area contributed by atoms with Gasteiger partial charge in [-0.2, -0.15) is 0 Å². The van der Waals surface area contributed by atoms with Crippen molar-refractivity contribution in [1.29, 1.82) is 0 Å². The lowest BCUT2D eigenvalue weighted by molar-refractivity contribution is -0.154. The Morgan fingerprint density at radius 1 is 1.09 bits per heavy atom. The van der Waals surface area contributed by atoms with E-state index in [0.717, 1.165) is 44.1 Å². The Hall–Kier alpha value is -2.90. The molecule has 1 saturated carbocycles. The third kappa shape index (κ3) is 3.41.